The van der Waals surface area contributed by atoms with E-state index >= 15 is 0 Å². The Kier molecular flexibility index (Phi) is 6.96. The summed E-state index contributed by atoms with van der Waals surface area (Å²) in [5.41, 5.74) is 0. The molecule has 0 aliphatic carbocycles. The number of allylic oxidation sites excluding steroid dienone is 2. The molecule has 2 atom stereocenters. The second-order valence-corrected chi connectivity index (χ2v) is 5.67. The lowest BCUT2D eigenvalue weighted by atomic mass is 9.90. The van der Waals surface area contributed by atoms with E-state index in [1.807, 2.05) is 31.2 Å². The molecular weight excluding hydrogens is 316 g/mol. The van der Waals surface area contributed by atoms with Gasteiger partial charge in [0.1, 0.15) is 11.5 Å². The molecule has 2 aromatic rings. The van der Waals surface area contributed by atoms with Crippen molar-refractivity contribution < 1.29 is 19.1 Å². The molecule has 0 heterocycles. The van der Waals surface area contributed by atoms with Crippen molar-refractivity contribution in [2.45, 2.75) is 20.3 Å². The van der Waals surface area contributed by atoms with Gasteiger partial charge in [0.15, 0.2) is 0 Å². The van der Waals surface area contributed by atoms with E-state index in [4.69, 9.17) is 9.47 Å². The van der Waals surface area contributed by atoms with E-state index in [1.165, 1.54) is 0 Å². The van der Waals surface area contributed by atoms with E-state index in [0.29, 0.717) is 17.9 Å². The van der Waals surface area contributed by atoms with Gasteiger partial charge < -0.3 is 9.47 Å². The average molecular weight is 338 g/mol. The van der Waals surface area contributed by atoms with Crippen molar-refractivity contribution in [3.8, 4) is 11.5 Å². The van der Waals surface area contributed by atoms with Crippen molar-refractivity contribution >= 4 is 11.9 Å². The second-order valence-electron chi connectivity index (χ2n) is 5.67. The molecule has 0 saturated heterocycles. The van der Waals surface area contributed by atoms with Crippen LogP contribution in [0.4, 0.5) is 0 Å². The van der Waals surface area contributed by atoms with Crippen LogP contribution in [0, 0.1) is 11.8 Å². The Labute approximate surface area is 148 Å². The smallest absolute Gasteiger partial charge is 0.315 e. The Hall–Kier alpha value is -2.88. The average Bonchev–Trinajstić information content (AvgIpc) is 2.63. The van der Waals surface area contributed by atoms with Crippen LogP contribution in [0.5, 0.6) is 11.5 Å². The lowest BCUT2D eigenvalue weighted by molar-refractivity contribution is -0.149. The van der Waals surface area contributed by atoms with Gasteiger partial charge in [0.2, 0.25) is 0 Å². The summed E-state index contributed by atoms with van der Waals surface area (Å²) < 4.78 is 10.8. The highest BCUT2D eigenvalue weighted by Crippen LogP contribution is 2.23. The number of hydrogen-bond acceptors (Lipinski definition) is 4. The molecule has 2 rings (SSSR count). The van der Waals surface area contributed by atoms with Gasteiger partial charge in [-0.15, -0.1) is 0 Å². The quantitative estimate of drug-likeness (QED) is 0.426. The predicted molar refractivity (Wildman–Crippen MR) is 96.2 cm³/mol. The summed E-state index contributed by atoms with van der Waals surface area (Å²) >= 11 is 0. The zero-order valence-corrected chi connectivity index (χ0v) is 14.4. The van der Waals surface area contributed by atoms with E-state index in [0.717, 1.165) is 0 Å². The summed E-state index contributed by atoms with van der Waals surface area (Å²) in [6.45, 7) is 3.55. The molecule has 0 aliphatic rings. The zero-order valence-electron chi connectivity index (χ0n) is 14.4. The van der Waals surface area contributed by atoms with Gasteiger partial charge in [-0.1, -0.05) is 55.5 Å². The van der Waals surface area contributed by atoms with E-state index in [-0.39, 0.29) is 0 Å². The van der Waals surface area contributed by atoms with Gasteiger partial charge in [0.25, 0.3) is 0 Å². The molecule has 0 spiro atoms. The molecule has 0 radical (unpaired) electrons. The molecule has 0 saturated carbocycles. The van der Waals surface area contributed by atoms with Crippen molar-refractivity contribution in [2.24, 2.45) is 11.8 Å². The number of esters is 2. The Bertz CT molecular complexity index is 707. The molecule has 0 N–H and O–H groups in total. The fourth-order valence-electron chi connectivity index (χ4n) is 2.33. The first kappa shape index (κ1) is 18.5. The van der Waals surface area contributed by atoms with Crippen LogP contribution in [0.2, 0.25) is 0 Å². The molecule has 25 heavy (non-hydrogen) atoms. The normalized spacial score (nSPS) is 13.2. The van der Waals surface area contributed by atoms with Crippen molar-refractivity contribution in [3.63, 3.8) is 0 Å². The summed E-state index contributed by atoms with van der Waals surface area (Å²) in [7, 11) is 0. The Balaban J connectivity index is 2.09. The minimum Gasteiger partial charge on any atom is -0.426 e. The van der Waals surface area contributed by atoms with Gasteiger partial charge in [-0.25, -0.2) is 0 Å². The molecule has 0 fully saturated rings. The lowest BCUT2D eigenvalue weighted by Gasteiger charge is -2.20. The van der Waals surface area contributed by atoms with Crippen LogP contribution >= 0.6 is 0 Å². The molecule has 0 aromatic heterocycles. The van der Waals surface area contributed by atoms with E-state index in [1.54, 1.807) is 55.5 Å². The first-order valence-corrected chi connectivity index (χ1v) is 8.26. The number of carbonyl (C=O) groups excluding carboxylic acids is 2. The molecule has 4 nitrogen and oxygen atoms in total. The maximum absolute atomic E-state index is 12.6. The minimum atomic E-state index is -0.632. The van der Waals surface area contributed by atoms with Gasteiger partial charge in [0, 0.05) is 0 Å². The topological polar surface area (TPSA) is 52.6 Å². The number of para-hydroxylation sites is 2. The van der Waals surface area contributed by atoms with Crippen LogP contribution in [0.3, 0.4) is 0 Å². The third kappa shape index (κ3) is 5.60. The zero-order chi connectivity index (χ0) is 18.1. The molecule has 130 valence electrons. The maximum atomic E-state index is 12.6. The number of carbonyl (C=O) groups is 2. The highest BCUT2D eigenvalue weighted by molar-refractivity contribution is 5.84. The molecule has 4 heteroatoms. The summed E-state index contributed by atoms with van der Waals surface area (Å²) in [5.74, 6) is -1.23. The minimum absolute atomic E-state index is 0.410. The molecule has 2 aromatic carbocycles. The third-order valence-corrected chi connectivity index (χ3v) is 3.83. The van der Waals surface area contributed by atoms with Gasteiger partial charge in [0.05, 0.1) is 11.8 Å². The fraction of sp³-hybridized carbons (Fsp3) is 0.238. The highest BCUT2D eigenvalue weighted by Gasteiger charge is 2.32. The Morgan fingerprint density at radius 1 is 0.880 bits per heavy atom. The van der Waals surface area contributed by atoms with Crippen LogP contribution in [0.15, 0.2) is 72.8 Å². The standard InChI is InChI=1S/C21H22O4/c1-3-4-15-19(21(23)25-18-13-9-6-10-14-18)16(2)20(22)24-17-11-7-5-8-12-17/h3-14,16,19H,15H2,1-2H3. The van der Waals surface area contributed by atoms with Crippen LogP contribution in [0.25, 0.3) is 0 Å². The monoisotopic (exact) mass is 338 g/mol. The summed E-state index contributed by atoms with van der Waals surface area (Å²) in [6.07, 6.45) is 4.11. The molecule has 2 unspecified atom stereocenters. The summed E-state index contributed by atoms with van der Waals surface area (Å²) in [5, 5.41) is 0. The Morgan fingerprint density at radius 2 is 1.36 bits per heavy atom. The first-order chi connectivity index (χ1) is 12.1. The first-order valence-electron chi connectivity index (χ1n) is 8.26. The number of ether oxygens (including phenoxy) is 2. The molecule has 0 aliphatic heterocycles. The summed E-state index contributed by atoms with van der Waals surface area (Å²) in [4.78, 5) is 25.0. The third-order valence-electron chi connectivity index (χ3n) is 3.83. The predicted octanol–water partition coefficient (Wildman–Crippen LogP) is 4.42. The molecule has 0 bridgehead atoms. The largest absolute Gasteiger partial charge is 0.426 e. The molecule has 0 amide bonds. The second kappa shape index (κ2) is 9.42. The lowest BCUT2D eigenvalue weighted by Crippen LogP contribution is -2.33. The van der Waals surface area contributed by atoms with E-state index < -0.39 is 23.8 Å². The number of benzene rings is 2. The van der Waals surface area contributed by atoms with Gasteiger partial charge in [-0.3, -0.25) is 9.59 Å². The highest BCUT2D eigenvalue weighted by atomic mass is 16.5. The summed E-state index contributed by atoms with van der Waals surface area (Å²) in [6, 6.07) is 17.6. The van der Waals surface area contributed by atoms with Crippen LogP contribution in [-0.2, 0) is 9.59 Å². The number of hydrogen-bond donors (Lipinski definition) is 0. The van der Waals surface area contributed by atoms with Crippen molar-refractivity contribution in [1.82, 2.24) is 0 Å². The fourth-order valence-corrected chi connectivity index (χ4v) is 2.33. The van der Waals surface area contributed by atoms with E-state index in [2.05, 4.69) is 0 Å². The van der Waals surface area contributed by atoms with Crippen LogP contribution < -0.4 is 9.47 Å². The SMILES string of the molecule is CC=CCC(C(=O)Oc1ccccc1)C(C)C(=O)Oc1ccccc1. The molecular formula is C21H22O4. The van der Waals surface area contributed by atoms with Crippen molar-refractivity contribution in [3.05, 3.63) is 72.8 Å². The van der Waals surface area contributed by atoms with Gasteiger partial charge in [-0.05, 0) is 37.6 Å². The van der Waals surface area contributed by atoms with E-state index in [9.17, 15) is 9.59 Å². The van der Waals surface area contributed by atoms with Gasteiger partial charge in [-0.2, -0.15) is 0 Å². The number of rotatable bonds is 7. The van der Waals surface area contributed by atoms with Crippen LogP contribution in [-0.4, -0.2) is 11.9 Å². The van der Waals surface area contributed by atoms with Crippen molar-refractivity contribution in [2.75, 3.05) is 0 Å². The maximum Gasteiger partial charge on any atom is 0.315 e. The van der Waals surface area contributed by atoms with Crippen molar-refractivity contribution in [1.29, 1.82) is 0 Å². The van der Waals surface area contributed by atoms with Gasteiger partial charge >= 0.3 is 11.9 Å². The van der Waals surface area contributed by atoms with Crippen LogP contribution in [0.1, 0.15) is 20.3 Å². The Morgan fingerprint density at radius 3 is 1.84 bits per heavy atom.